The minimum atomic E-state index is -0.715. The largest absolute Gasteiger partial charge is 0.481 e. The molecule has 2 heterocycles. The van der Waals surface area contributed by atoms with Crippen LogP contribution in [0.15, 0.2) is 24.4 Å². The number of nitrogens with zero attached hydrogens (tertiary/aromatic N) is 2. The molecule has 1 saturated heterocycles. The van der Waals surface area contributed by atoms with Crippen LogP contribution >= 0.6 is 0 Å². The van der Waals surface area contributed by atoms with Crippen LogP contribution in [0.3, 0.4) is 0 Å². The smallest absolute Gasteiger partial charge is 0.307 e. The van der Waals surface area contributed by atoms with Gasteiger partial charge < -0.3 is 10.4 Å². The number of aryl methyl sites for hydroxylation is 1. The second-order valence-corrected chi connectivity index (χ2v) is 4.82. The maximum Gasteiger partial charge on any atom is 0.307 e. The number of carbonyl (C=O) groups is 1. The summed E-state index contributed by atoms with van der Waals surface area (Å²) in [6, 6.07) is 6.31. The molecule has 1 aromatic carbocycles. The zero-order valence-electron chi connectivity index (χ0n) is 10.1. The van der Waals surface area contributed by atoms with Crippen molar-refractivity contribution in [2.75, 3.05) is 6.54 Å². The standard InChI is InChI=1S/C13H15N3O2/c1-16-12-3-2-8(4-9(12)7-15-16)11-5-10(6-14-11)13(17)18/h2-4,7,10-11,14H,5-6H2,1H3,(H,17,18). The first kappa shape index (κ1) is 11.2. The SMILES string of the molecule is Cn1ncc2cc(C3CC(C(=O)O)CN3)ccc21. The number of nitrogens with one attached hydrogen (secondary N) is 1. The fourth-order valence-corrected chi connectivity index (χ4v) is 2.58. The van der Waals surface area contributed by atoms with Crippen molar-refractivity contribution in [2.45, 2.75) is 12.5 Å². The molecule has 18 heavy (non-hydrogen) atoms. The molecule has 1 aromatic heterocycles. The molecule has 0 amide bonds. The molecule has 3 rings (SSSR count). The van der Waals surface area contributed by atoms with Gasteiger partial charge in [-0.05, 0) is 24.1 Å². The van der Waals surface area contributed by atoms with Crippen molar-refractivity contribution in [1.82, 2.24) is 15.1 Å². The molecule has 2 unspecified atom stereocenters. The van der Waals surface area contributed by atoms with Gasteiger partial charge in [0.25, 0.3) is 0 Å². The molecule has 0 saturated carbocycles. The number of rotatable bonds is 2. The van der Waals surface area contributed by atoms with Crippen molar-refractivity contribution in [3.05, 3.63) is 30.0 Å². The second-order valence-electron chi connectivity index (χ2n) is 4.82. The summed E-state index contributed by atoms with van der Waals surface area (Å²) < 4.78 is 1.83. The summed E-state index contributed by atoms with van der Waals surface area (Å²) in [5, 5.41) is 17.6. The van der Waals surface area contributed by atoms with Gasteiger partial charge in [0.05, 0.1) is 17.6 Å². The lowest BCUT2D eigenvalue weighted by Crippen LogP contribution is -2.17. The number of fused-ring (bicyclic) bond motifs is 1. The van der Waals surface area contributed by atoms with Gasteiger partial charge in [0.15, 0.2) is 0 Å². The molecule has 1 fully saturated rings. The molecule has 0 aliphatic carbocycles. The van der Waals surface area contributed by atoms with Crippen LogP contribution in [-0.2, 0) is 11.8 Å². The fraction of sp³-hybridized carbons (Fsp3) is 0.385. The lowest BCUT2D eigenvalue weighted by atomic mass is 9.99. The van der Waals surface area contributed by atoms with Gasteiger partial charge in [-0.15, -0.1) is 0 Å². The summed E-state index contributed by atoms with van der Waals surface area (Å²) in [6.45, 7) is 0.547. The van der Waals surface area contributed by atoms with Gasteiger partial charge in [-0.1, -0.05) is 6.07 Å². The van der Waals surface area contributed by atoms with Crippen LogP contribution in [0.5, 0.6) is 0 Å². The van der Waals surface area contributed by atoms with Crippen LogP contribution in [0.1, 0.15) is 18.0 Å². The van der Waals surface area contributed by atoms with Crippen LogP contribution in [0, 0.1) is 5.92 Å². The van der Waals surface area contributed by atoms with E-state index in [1.165, 1.54) is 0 Å². The zero-order chi connectivity index (χ0) is 12.7. The van der Waals surface area contributed by atoms with Crippen LogP contribution in [0.25, 0.3) is 10.9 Å². The molecule has 5 heteroatoms. The number of aromatic nitrogens is 2. The Balaban J connectivity index is 1.89. The molecule has 1 aliphatic rings. The van der Waals surface area contributed by atoms with E-state index in [-0.39, 0.29) is 12.0 Å². The normalized spacial score (nSPS) is 23.6. The van der Waals surface area contributed by atoms with Crippen molar-refractivity contribution in [1.29, 1.82) is 0 Å². The summed E-state index contributed by atoms with van der Waals surface area (Å²) in [4.78, 5) is 10.9. The quantitative estimate of drug-likeness (QED) is 0.837. The maximum atomic E-state index is 10.9. The Hall–Kier alpha value is -1.88. The molecule has 2 atom stereocenters. The van der Waals surface area contributed by atoms with Crippen LogP contribution < -0.4 is 5.32 Å². The van der Waals surface area contributed by atoms with Crippen molar-refractivity contribution >= 4 is 16.9 Å². The number of aliphatic carboxylic acids is 1. The predicted octanol–water partition coefficient (Wildman–Crippen LogP) is 1.31. The Morgan fingerprint density at radius 1 is 1.56 bits per heavy atom. The van der Waals surface area contributed by atoms with E-state index < -0.39 is 5.97 Å². The zero-order valence-corrected chi connectivity index (χ0v) is 10.1. The lowest BCUT2D eigenvalue weighted by Gasteiger charge is -2.10. The van der Waals surface area contributed by atoms with Crippen LogP contribution in [-0.4, -0.2) is 27.4 Å². The van der Waals surface area contributed by atoms with Gasteiger partial charge in [-0.25, -0.2) is 0 Å². The van der Waals surface area contributed by atoms with Crippen molar-refractivity contribution in [3.63, 3.8) is 0 Å². The maximum absolute atomic E-state index is 10.9. The first-order chi connectivity index (χ1) is 8.65. The first-order valence-corrected chi connectivity index (χ1v) is 6.03. The topological polar surface area (TPSA) is 67.2 Å². The first-order valence-electron chi connectivity index (χ1n) is 6.03. The predicted molar refractivity (Wildman–Crippen MR) is 67.2 cm³/mol. The number of hydrogen-bond acceptors (Lipinski definition) is 3. The van der Waals surface area contributed by atoms with E-state index in [4.69, 9.17) is 5.11 Å². The lowest BCUT2D eigenvalue weighted by molar-refractivity contribution is -0.141. The Labute approximate surface area is 104 Å². The second kappa shape index (κ2) is 4.10. The van der Waals surface area contributed by atoms with Gasteiger partial charge in [-0.3, -0.25) is 9.48 Å². The highest BCUT2D eigenvalue weighted by molar-refractivity contribution is 5.79. The van der Waals surface area contributed by atoms with E-state index >= 15 is 0 Å². The highest BCUT2D eigenvalue weighted by Crippen LogP contribution is 2.29. The molecule has 0 bridgehead atoms. The number of benzene rings is 1. The van der Waals surface area contributed by atoms with E-state index in [9.17, 15) is 4.79 Å². The molecule has 94 valence electrons. The Kier molecular flexibility index (Phi) is 2.56. The van der Waals surface area contributed by atoms with Gasteiger partial charge in [-0.2, -0.15) is 5.10 Å². The van der Waals surface area contributed by atoms with Crippen molar-refractivity contribution in [3.8, 4) is 0 Å². The third kappa shape index (κ3) is 1.76. The minimum absolute atomic E-state index is 0.135. The Bertz CT molecular complexity index is 605. The molecular weight excluding hydrogens is 230 g/mol. The Morgan fingerprint density at radius 3 is 3.11 bits per heavy atom. The van der Waals surface area contributed by atoms with E-state index in [2.05, 4.69) is 16.5 Å². The minimum Gasteiger partial charge on any atom is -0.481 e. The van der Waals surface area contributed by atoms with Crippen molar-refractivity contribution < 1.29 is 9.90 Å². The molecule has 5 nitrogen and oxygen atoms in total. The average molecular weight is 245 g/mol. The van der Waals surface area contributed by atoms with E-state index in [1.807, 2.05) is 30.1 Å². The third-order valence-electron chi connectivity index (χ3n) is 3.65. The summed E-state index contributed by atoms with van der Waals surface area (Å²) >= 11 is 0. The number of carboxylic acids is 1. The van der Waals surface area contributed by atoms with Gasteiger partial charge in [0.1, 0.15) is 0 Å². The van der Waals surface area contributed by atoms with E-state index in [1.54, 1.807) is 0 Å². The summed E-state index contributed by atoms with van der Waals surface area (Å²) in [5.41, 5.74) is 2.23. The molecule has 0 spiro atoms. The van der Waals surface area contributed by atoms with Crippen molar-refractivity contribution in [2.24, 2.45) is 13.0 Å². The molecule has 2 aromatic rings. The van der Waals surface area contributed by atoms with Crippen LogP contribution in [0.4, 0.5) is 0 Å². The van der Waals surface area contributed by atoms with E-state index in [0.29, 0.717) is 13.0 Å². The Morgan fingerprint density at radius 2 is 2.39 bits per heavy atom. The molecule has 1 aliphatic heterocycles. The monoisotopic (exact) mass is 245 g/mol. The fourth-order valence-electron chi connectivity index (χ4n) is 2.58. The molecular formula is C13H15N3O2. The highest BCUT2D eigenvalue weighted by atomic mass is 16.4. The van der Waals surface area contributed by atoms with Gasteiger partial charge in [0, 0.05) is 25.0 Å². The van der Waals surface area contributed by atoms with Gasteiger partial charge in [0.2, 0.25) is 0 Å². The van der Waals surface area contributed by atoms with Crippen LogP contribution in [0.2, 0.25) is 0 Å². The average Bonchev–Trinajstić information content (AvgIpc) is 2.96. The third-order valence-corrected chi connectivity index (χ3v) is 3.65. The summed E-state index contributed by atoms with van der Waals surface area (Å²) in [6.07, 6.45) is 2.49. The van der Waals surface area contributed by atoms with Gasteiger partial charge >= 0.3 is 5.97 Å². The molecule has 2 N–H and O–H groups in total. The summed E-state index contributed by atoms with van der Waals surface area (Å²) in [5.74, 6) is -0.993. The highest BCUT2D eigenvalue weighted by Gasteiger charge is 2.30. The molecule has 0 radical (unpaired) electrons. The summed E-state index contributed by atoms with van der Waals surface area (Å²) in [7, 11) is 1.91. The number of carboxylic acid groups (broad SMARTS) is 1. The van der Waals surface area contributed by atoms with E-state index in [0.717, 1.165) is 16.5 Å². The number of hydrogen-bond donors (Lipinski definition) is 2.